The van der Waals surface area contributed by atoms with E-state index in [9.17, 15) is 15.3 Å². The van der Waals surface area contributed by atoms with Crippen LogP contribution >= 0.6 is 0 Å². The van der Waals surface area contributed by atoms with Crippen LogP contribution in [-0.4, -0.2) is 62.8 Å². The van der Waals surface area contributed by atoms with Gasteiger partial charge >= 0.3 is 0 Å². The Bertz CT molecular complexity index is 149. The van der Waals surface area contributed by atoms with Crippen LogP contribution in [-0.2, 0) is 0 Å². The highest BCUT2D eigenvalue weighted by Gasteiger charge is 2.41. The molecule has 7 heteroatoms. The zero-order chi connectivity index (χ0) is 10.0. The van der Waals surface area contributed by atoms with Gasteiger partial charge in [0.25, 0.3) is 0 Å². The Hall–Kier alpha value is -0.280. The Morgan fingerprint density at radius 2 is 1.69 bits per heavy atom. The summed E-state index contributed by atoms with van der Waals surface area (Å²) in [6, 6.07) is -0.775. The first-order chi connectivity index (χ1) is 6.11. The summed E-state index contributed by atoms with van der Waals surface area (Å²) in [5.74, 6) is 0. The smallest absolute Gasteiger partial charge is 0.113 e. The molecule has 0 spiro atoms. The second-order valence-electron chi connectivity index (χ2n) is 3.03. The average Bonchev–Trinajstić information content (AvgIpc) is 2.15. The van der Waals surface area contributed by atoms with Gasteiger partial charge in [-0.2, -0.15) is 5.48 Å². The number of rotatable bonds is 2. The first-order valence-electron chi connectivity index (χ1n) is 3.92. The lowest BCUT2D eigenvalue weighted by atomic mass is 9.94. The van der Waals surface area contributed by atoms with Crippen molar-refractivity contribution in [3.05, 3.63) is 0 Å². The Labute approximate surface area is 74.6 Å². The highest BCUT2D eigenvalue weighted by Crippen LogP contribution is 2.13. The average molecular weight is 194 g/mol. The Morgan fingerprint density at radius 1 is 1.08 bits per heavy atom. The molecule has 0 aromatic rings. The number of aliphatic hydroxyl groups excluding tert-OH is 4. The van der Waals surface area contributed by atoms with Crippen molar-refractivity contribution >= 4 is 0 Å². The van der Waals surface area contributed by atoms with Gasteiger partial charge in [0.1, 0.15) is 24.5 Å². The van der Waals surface area contributed by atoms with Crippen molar-refractivity contribution in [2.24, 2.45) is 0 Å². The summed E-state index contributed by atoms with van der Waals surface area (Å²) in [4.78, 5) is 0. The van der Waals surface area contributed by atoms with Gasteiger partial charge in [-0.15, -0.1) is 0 Å². The van der Waals surface area contributed by atoms with Crippen LogP contribution in [0.3, 0.4) is 0 Å². The zero-order valence-electron chi connectivity index (χ0n) is 6.83. The summed E-state index contributed by atoms with van der Waals surface area (Å²) in [7, 11) is 0. The van der Waals surface area contributed by atoms with Crippen LogP contribution in [0.1, 0.15) is 0 Å². The molecule has 7 N–H and O–H groups in total. The molecule has 0 radical (unpaired) electrons. The maximum Gasteiger partial charge on any atom is 0.113 e. The van der Waals surface area contributed by atoms with E-state index in [4.69, 9.17) is 10.3 Å². The maximum absolute atomic E-state index is 9.28. The van der Waals surface area contributed by atoms with E-state index in [0.717, 1.165) is 0 Å². The fraction of sp³-hybridized carbons (Fsp3) is 1.00. The Kier molecular flexibility index (Phi) is 3.56. The lowest BCUT2D eigenvalue weighted by Crippen LogP contribution is -2.69. The molecular weight excluding hydrogens is 180 g/mol. The largest absolute Gasteiger partial charge is 0.395 e. The standard InChI is InChI=1S/C6H14N2O5/c9-1-2-3(10)4(11)5(12)6(7-2)8-13/h2-13H,1H2/t2-,3-,4+,5-,6+/m1/s1. The third-order valence-corrected chi connectivity index (χ3v) is 2.18. The monoisotopic (exact) mass is 194 g/mol. The molecule has 1 fully saturated rings. The summed E-state index contributed by atoms with van der Waals surface area (Å²) >= 11 is 0. The van der Waals surface area contributed by atoms with Crippen molar-refractivity contribution in [2.45, 2.75) is 30.5 Å². The van der Waals surface area contributed by atoms with Crippen LogP contribution < -0.4 is 10.8 Å². The lowest BCUT2D eigenvalue weighted by molar-refractivity contribution is -0.140. The molecule has 0 aliphatic carbocycles. The number of piperidine rings is 1. The van der Waals surface area contributed by atoms with E-state index in [-0.39, 0.29) is 0 Å². The molecule has 7 nitrogen and oxygen atoms in total. The molecule has 1 saturated heterocycles. The van der Waals surface area contributed by atoms with Crippen molar-refractivity contribution in [1.82, 2.24) is 10.8 Å². The topological polar surface area (TPSA) is 125 Å². The molecule has 1 heterocycles. The van der Waals surface area contributed by atoms with Crippen molar-refractivity contribution in [3.8, 4) is 0 Å². The molecule has 13 heavy (non-hydrogen) atoms. The van der Waals surface area contributed by atoms with E-state index >= 15 is 0 Å². The third-order valence-electron chi connectivity index (χ3n) is 2.18. The van der Waals surface area contributed by atoms with Crippen molar-refractivity contribution in [3.63, 3.8) is 0 Å². The fourth-order valence-corrected chi connectivity index (χ4v) is 1.34. The number of hydrogen-bond donors (Lipinski definition) is 7. The highest BCUT2D eigenvalue weighted by molar-refractivity contribution is 4.95. The summed E-state index contributed by atoms with van der Waals surface area (Å²) < 4.78 is 0. The number of hydroxylamine groups is 1. The van der Waals surface area contributed by atoms with Gasteiger partial charge in [-0.05, 0) is 0 Å². The third kappa shape index (κ3) is 1.97. The quantitative estimate of drug-likeness (QED) is 0.226. The molecule has 0 unspecified atom stereocenters. The minimum absolute atomic E-state index is 0.400. The minimum Gasteiger partial charge on any atom is -0.395 e. The van der Waals surface area contributed by atoms with Crippen LogP contribution in [0.15, 0.2) is 0 Å². The molecule has 78 valence electrons. The fourth-order valence-electron chi connectivity index (χ4n) is 1.34. The molecule has 1 aliphatic rings. The number of hydrogen-bond acceptors (Lipinski definition) is 7. The van der Waals surface area contributed by atoms with Crippen LogP contribution in [0.2, 0.25) is 0 Å². The minimum atomic E-state index is -1.40. The summed E-state index contributed by atoms with van der Waals surface area (Å²) in [6.07, 6.45) is -4.95. The number of aliphatic hydroxyl groups is 4. The summed E-state index contributed by atoms with van der Waals surface area (Å²) in [6.45, 7) is -0.400. The van der Waals surface area contributed by atoms with Gasteiger partial charge in [0.2, 0.25) is 0 Å². The SMILES string of the molecule is OC[C@H]1N[C@@H](NO)[C@H](O)[C@@H](O)[C@@H]1O. The molecular formula is C6H14N2O5. The predicted molar refractivity (Wildman–Crippen MR) is 40.7 cm³/mol. The first-order valence-corrected chi connectivity index (χ1v) is 3.92. The summed E-state index contributed by atoms with van der Waals surface area (Å²) in [5.41, 5.74) is 1.73. The van der Waals surface area contributed by atoms with Gasteiger partial charge in [0.05, 0.1) is 12.6 Å². The molecule has 0 aromatic heterocycles. The first kappa shape index (κ1) is 10.8. The normalized spacial score (nSPS) is 46.4. The van der Waals surface area contributed by atoms with Crippen LogP contribution in [0.4, 0.5) is 0 Å². The van der Waals surface area contributed by atoms with Gasteiger partial charge in [0.15, 0.2) is 0 Å². The molecule has 0 amide bonds. The van der Waals surface area contributed by atoms with E-state index in [0.29, 0.717) is 0 Å². The van der Waals surface area contributed by atoms with Crippen molar-refractivity contribution in [1.29, 1.82) is 0 Å². The van der Waals surface area contributed by atoms with Gasteiger partial charge < -0.3 is 25.6 Å². The second-order valence-corrected chi connectivity index (χ2v) is 3.03. The molecule has 5 atom stereocenters. The van der Waals surface area contributed by atoms with Gasteiger partial charge in [0, 0.05) is 0 Å². The van der Waals surface area contributed by atoms with Crippen LogP contribution in [0.25, 0.3) is 0 Å². The van der Waals surface area contributed by atoms with Crippen molar-refractivity contribution < 1.29 is 25.6 Å². The van der Waals surface area contributed by atoms with Crippen LogP contribution in [0, 0.1) is 0 Å². The zero-order valence-corrected chi connectivity index (χ0v) is 6.83. The van der Waals surface area contributed by atoms with Crippen LogP contribution in [0.5, 0.6) is 0 Å². The highest BCUT2D eigenvalue weighted by atomic mass is 16.5. The predicted octanol–water partition coefficient (Wildman–Crippen LogP) is -3.66. The molecule has 1 aliphatic heterocycles. The van der Waals surface area contributed by atoms with Gasteiger partial charge in [-0.3, -0.25) is 5.32 Å². The van der Waals surface area contributed by atoms with E-state index in [1.165, 1.54) is 0 Å². The maximum atomic E-state index is 9.28. The van der Waals surface area contributed by atoms with E-state index in [1.54, 1.807) is 5.48 Å². The second kappa shape index (κ2) is 4.29. The van der Waals surface area contributed by atoms with Gasteiger partial charge in [-0.1, -0.05) is 0 Å². The van der Waals surface area contributed by atoms with E-state index < -0.39 is 37.1 Å². The Balaban J connectivity index is 2.66. The summed E-state index contributed by atoms with van der Waals surface area (Å²) in [5, 5.41) is 47.6. The Morgan fingerprint density at radius 3 is 2.15 bits per heavy atom. The lowest BCUT2D eigenvalue weighted by Gasteiger charge is -2.40. The molecule has 1 rings (SSSR count). The molecule has 0 bridgehead atoms. The van der Waals surface area contributed by atoms with Crippen molar-refractivity contribution in [2.75, 3.05) is 6.61 Å². The number of nitrogens with one attached hydrogen (secondary N) is 2. The van der Waals surface area contributed by atoms with E-state index in [2.05, 4.69) is 5.32 Å². The molecule has 0 aromatic carbocycles. The van der Waals surface area contributed by atoms with E-state index in [1.807, 2.05) is 0 Å². The molecule has 0 saturated carbocycles. The van der Waals surface area contributed by atoms with Gasteiger partial charge in [-0.25, -0.2) is 0 Å².